The third-order valence-electron chi connectivity index (χ3n) is 0.996. The monoisotopic (exact) mass is 178 g/mol. The molecule has 0 bridgehead atoms. The number of hydrogen-bond donors (Lipinski definition) is 0. The molecule has 0 aliphatic rings. The first-order valence-electron chi connectivity index (χ1n) is 3.65. The highest BCUT2D eigenvalue weighted by molar-refractivity contribution is 5.65. The maximum atomic E-state index is 10.2. The van der Waals surface area contributed by atoms with Gasteiger partial charge in [0.05, 0.1) is 0 Å². The van der Waals surface area contributed by atoms with E-state index in [1.54, 1.807) is 0 Å². The number of carbonyl (C=O) groups excluding carboxylic acids is 1. The van der Waals surface area contributed by atoms with E-state index < -0.39 is 12.3 Å². The van der Waals surface area contributed by atoms with Crippen LogP contribution in [0, 0.1) is 0 Å². The Morgan fingerprint density at radius 2 is 2.17 bits per heavy atom. The first kappa shape index (κ1) is 11.4. The van der Waals surface area contributed by atoms with Crippen molar-refractivity contribution < 1.29 is 24.0 Å². The molecule has 0 saturated heterocycles. The fourth-order valence-electron chi connectivity index (χ4n) is 0.543. The molecule has 0 aromatic carbocycles. The van der Waals surface area contributed by atoms with Crippen molar-refractivity contribution in [2.45, 2.75) is 20.1 Å². The fraction of sp³-hybridized carbons (Fsp3) is 0.857. The molecule has 0 fully saturated rings. The standard InChI is InChI=1S/C7H14O5/c1-4-10-7(9-3)5-11-12-6(2)8/h7H,4-5H2,1-3H3. The third-order valence-corrected chi connectivity index (χ3v) is 0.996. The second-order valence-corrected chi connectivity index (χ2v) is 1.98. The summed E-state index contributed by atoms with van der Waals surface area (Å²) in [7, 11) is 1.48. The van der Waals surface area contributed by atoms with Gasteiger partial charge in [0.2, 0.25) is 0 Å². The first-order chi connectivity index (χ1) is 5.70. The number of rotatable bonds is 6. The maximum Gasteiger partial charge on any atom is 0.339 e. The molecule has 0 aliphatic heterocycles. The minimum Gasteiger partial charge on any atom is -0.353 e. The molecule has 0 rings (SSSR count). The van der Waals surface area contributed by atoms with Gasteiger partial charge in [-0.25, -0.2) is 4.79 Å². The Bertz CT molecular complexity index is 125. The van der Waals surface area contributed by atoms with Crippen LogP contribution in [0.5, 0.6) is 0 Å². The highest BCUT2D eigenvalue weighted by atomic mass is 17.2. The van der Waals surface area contributed by atoms with Gasteiger partial charge in [-0.05, 0) is 6.92 Å². The van der Waals surface area contributed by atoms with E-state index in [1.807, 2.05) is 6.92 Å². The molecule has 0 N–H and O–H groups in total. The summed E-state index contributed by atoms with van der Waals surface area (Å²) >= 11 is 0. The minimum atomic E-state index is -0.499. The third kappa shape index (κ3) is 6.09. The topological polar surface area (TPSA) is 54.0 Å². The van der Waals surface area contributed by atoms with Crippen molar-refractivity contribution in [3.63, 3.8) is 0 Å². The number of methoxy groups -OCH3 is 1. The van der Waals surface area contributed by atoms with Gasteiger partial charge >= 0.3 is 5.97 Å². The summed E-state index contributed by atoms with van der Waals surface area (Å²) in [5.41, 5.74) is 0. The van der Waals surface area contributed by atoms with Crippen LogP contribution in [0.15, 0.2) is 0 Å². The fourth-order valence-corrected chi connectivity index (χ4v) is 0.543. The van der Waals surface area contributed by atoms with Gasteiger partial charge in [0, 0.05) is 20.6 Å². The van der Waals surface area contributed by atoms with Crippen LogP contribution in [-0.4, -0.2) is 32.6 Å². The molecule has 12 heavy (non-hydrogen) atoms. The summed E-state index contributed by atoms with van der Waals surface area (Å²) < 4.78 is 9.87. The molecule has 0 heterocycles. The zero-order chi connectivity index (χ0) is 9.40. The highest BCUT2D eigenvalue weighted by Crippen LogP contribution is 1.94. The second-order valence-electron chi connectivity index (χ2n) is 1.98. The van der Waals surface area contributed by atoms with Crippen molar-refractivity contribution in [1.82, 2.24) is 0 Å². The smallest absolute Gasteiger partial charge is 0.339 e. The van der Waals surface area contributed by atoms with E-state index in [0.29, 0.717) is 6.61 Å². The summed E-state index contributed by atoms with van der Waals surface area (Å²) in [5, 5.41) is 0. The summed E-state index contributed by atoms with van der Waals surface area (Å²) in [6.45, 7) is 3.67. The molecule has 0 saturated carbocycles. The van der Waals surface area contributed by atoms with E-state index in [1.165, 1.54) is 14.0 Å². The lowest BCUT2D eigenvalue weighted by molar-refractivity contribution is -0.301. The van der Waals surface area contributed by atoms with Crippen LogP contribution in [0.1, 0.15) is 13.8 Å². The average molecular weight is 178 g/mol. The average Bonchev–Trinajstić information content (AvgIpc) is 2.02. The van der Waals surface area contributed by atoms with Crippen LogP contribution in [0.2, 0.25) is 0 Å². The summed E-state index contributed by atoms with van der Waals surface area (Å²) in [4.78, 5) is 19.0. The lowest BCUT2D eigenvalue weighted by Crippen LogP contribution is -2.22. The first-order valence-corrected chi connectivity index (χ1v) is 3.65. The molecule has 0 amide bonds. The van der Waals surface area contributed by atoms with Gasteiger partial charge < -0.3 is 9.47 Å². The maximum absolute atomic E-state index is 10.2. The molecule has 5 heteroatoms. The van der Waals surface area contributed by atoms with E-state index in [4.69, 9.17) is 9.47 Å². The van der Waals surface area contributed by atoms with Gasteiger partial charge in [-0.1, -0.05) is 0 Å². The normalized spacial score (nSPS) is 12.6. The molecule has 1 atom stereocenters. The molecular weight excluding hydrogens is 164 g/mol. The predicted molar refractivity (Wildman–Crippen MR) is 40.1 cm³/mol. The van der Waals surface area contributed by atoms with E-state index in [-0.39, 0.29) is 6.61 Å². The van der Waals surface area contributed by atoms with Crippen molar-refractivity contribution in [2.75, 3.05) is 20.3 Å². The molecule has 0 spiro atoms. The van der Waals surface area contributed by atoms with Crippen molar-refractivity contribution in [3.8, 4) is 0 Å². The zero-order valence-corrected chi connectivity index (χ0v) is 7.53. The summed E-state index contributed by atoms with van der Waals surface area (Å²) in [5.74, 6) is -0.499. The number of hydrogen-bond acceptors (Lipinski definition) is 5. The van der Waals surface area contributed by atoms with Gasteiger partial charge in [-0.2, -0.15) is 4.89 Å². The van der Waals surface area contributed by atoms with Gasteiger partial charge in [-0.3, -0.25) is 4.89 Å². The quantitative estimate of drug-likeness (QED) is 0.336. The van der Waals surface area contributed by atoms with E-state index in [0.717, 1.165) is 0 Å². The SMILES string of the molecule is CCOC(COOC(C)=O)OC. The van der Waals surface area contributed by atoms with Crippen molar-refractivity contribution in [3.05, 3.63) is 0 Å². The van der Waals surface area contributed by atoms with E-state index in [2.05, 4.69) is 9.78 Å². The van der Waals surface area contributed by atoms with Crippen LogP contribution in [0.25, 0.3) is 0 Å². The molecule has 72 valence electrons. The zero-order valence-electron chi connectivity index (χ0n) is 7.53. The molecule has 0 aliphatic carbocycles. The van der Waals surface area contributed by atoms with Gasteiger partial charge in [0.15, 0.2) is 6.29 Å². The Kier molecular flexibility index (Phi) is 6.64. The van der Waals surface area contributed by atoms with Crippen molar-refractivity contribution in [1.29, 1.82) is 0 Å². The Labute approximate surface area is 71.5 Å². The van der Waals surface area contributed by atoms with Crippen molar-refractivity contribution >= 4 is 5.97 Å². The van der Waals surface area contributed by atoms with Crippen LogP contribution in [0.3, 0.4) is 0 Å². The molecule has 1 unspecified atom stereocenters. The number of carbonyl (C=O) groups is 1. The Morgan fingerprint density at radius 1 is 1.50 bits per heavy atom. The lowest BCUT2D eigenvalue weighted by atomic mass is 10.7. The molecule has 5 nitrogen and oxygen atoms in total. The van der Waals surface area contributed by atoms with E-state index in [9.17, 15) is 4.79 Å². The second kappa shape index (κ2) is 7.02. The Balaban J connectivity index is 3.37. The van der Waals surface area contributed by atoms with Gasteiger partial charge in [0.25, 0.3) is 0 Å². The molecule has 0 aromatic rings. The van der Waals surface area contributed by atoms with Gasteiger partial charge in [-0.15, -0.1) is 0 Å². The highest BCUT2D eigenvalue weighted by Gasteiger charge is 2.07. The van der Waals surface area contributed by atoms with Gasteiger partial charge in [0.1, 0.15) is 6.61 Å². The summed E-state index contributed by atoms with van der Waals surface area (Å²) in [6, 6.07) is 0. The largest absolute Gasteiger partial charge is 0.353 e. The van der Waals surface area contributed by atoms with Crippen LogP contribution in [0.4, 0.5) is 0 Å². The molecular formula is C7H14O5. The predicted octanol–water partition coefficient (Wildman–Crippen LogP) is 0.490. The van der Waals surface area contributed by atoms with E-state index >= 15 is 0 Å². The van der Waals surface area contributed by atoms with Crippen LogP contribution in [-0.2, 0) is 24.0 Å². The van der Waals surface area contributed by atoms with Crippen molar-refractivity contribution in [2.24, 2.45) is 0 Å². The Hall–Kier alpha value is -0.650. The van der Waals surface area contributed by atoms with Crippen LogP contribution < -0.4 is 0 Å². The Morgan fingerprint density at radius 3 is 2.58 bits per heavy atom. The number of ether oxygens (including phenoxy) is 2. The minimum absolute atomic E-state index is 0.0733. The summed E-state index contributed by atoms with van der Waals surface area (Å²) in [6.07, 6.45) is -0.491. The van der Waals surface area contributed by atoms with Crippen LogP contribution >= 0.6 is 0 Å². The molecule has 0 aromatic heterocycles. The lowest BCUT2D eigenvalue weighted by Gasteiger charge is -2.13. The molecule has 0 radical (unpaired) electrons.